The molecule has 17 heavy (non-hydrogen) atoms. The van der Waals surface area contributed by atoms with Crippen LogP contribution in [0.4, 0.5) is 0 Å². The van der Waals surface area contributed by atoms with Gasteiger partial charge in [0.05, 0.1) is 5.56 Å². The van der Waals surface area contributed by atoms with Gasteiger partial charge < -0.3 is 4.74 Å². The quantitative estimate of drug-likeness (QED) is 0.587. The molecule has 0 aromatic heterocycles. The van der Waals surface area contributed by atoms with Crippen LogP contribution in [-0.4, -0.2) is 36.5 Å². The fraction of sp³-hybridized carbons (Fsp3) is 0.429. The maximum Gasteiger partial charge on any atom is 0.338 e. The molecule has 2 rings (SSSR count). The Bertz CT molecular complexity index is 398. The first-order valence-electron chi connectivity index (χ1n) is 6.16. The molecule has 1 heterocycles. The fourth-order valence-electron chi connectivity index (χ4n) is 1.94. The summed E-state index contributed by atoms with van der Waals surface area (Å²) in [5, 5.41) is 0. The van der Waals surface area contributed by atoms with Crippen LogP contribution in [0.5, 0.6) is 0 Å². The number of rotatable bonds is 4. The van der Waals surface area contributed by atoms with Crippen molar-refractivity contribution in [3.8, 4) is 0 Å². The van der Waals surface area contributed by atoms with Crippen molar-refractivity contribution in [2.24, 2.45) is 0 Å². The Kier molecular flexibility index (Phi) is 4.30. The van der Waals surface area contributed by atoms with Crippen LogP contribution in [0, 0.1) is 0 Å². The molecule has 0 aliphatic carbocycles. The zero-order valence-corrected chi connectivity index (χ0v) is 9.97. The van der Waals surface area contributed by atoms with Crippen LogP contribution in [0.1, 0.15) is 29.6 Å². The topological polar surface area (TPSA) is 29.3 Å². The molecule has 0 saturated carbocycles. The third-order valence-corrected chi connectivity index (χ3v) is 2.91. The number of benzene rings is 1. The summed E-state index contributed by atoms with van der Waals surface area (Å²) in [5.74, 6) is -0.234. The summed E-state index contributed by atoms with van der Waals surface area (Å²) in [4.78, 5) is 11.6. The van der Waals surface area contributed by atoms with E-state index in [-0.39, 0.29) is 5.97 Å². The molecule has 3 heteroatoms. The molecule has 1 aromatic rings. The number of carbonyl (C=O) groups is 1. The van der Waals surface area contributed by atoms with Crippen LogP contribution < -0.4 is 0 Å². The summed E-state index contributed by atoms with van der Waals surface area (Å²) < 4.78 is 7.47. The second-order valence-corrected chi connectivity index (χ2v) is 4.22. The molecule has 0 bridgehead atoms. The van der Waals surface area contributed by atoms with E-state index in [9.17, 15) is 4.79 Å². The van der Waals surface area contributed by atoms with Crippen molar-refractivity contribution in [3.63, 3.8) is 0 Å². The van der Waals surface area contributed by atoms with Crippen LogP contribution in [-0.2, 0) is 4.74 Å². The monoisotopic (exact) mass is 232 g/mol. The van der Waals surface area contributed by atoms with E-state index in [1.54, 1.807) is 12.1 Å². The molecule has 3 nitrogen and oxygen atoms in total. The van der Waals surface area contributed by atoms with Crippen molar-refractivity contribution < 1.29 is 14.1 Å². The van der Waals surface area contributed by atoms with Crippen LogP contribution in [0.15, 0.2) is 30.3 Å². The lowest BCUT2D eigenvalue weighted by atomic mass is 10.2. The lowest BCUT2D eigenvalue weighted by Crippen LogP contribution is -2.24. The molecule has 0 amide bonds. The first kappa shape index (κ1) is 11.8. The largest absolute Gasteiger partial charge is 0.455 e. The number of hydrogen-bond donors (Lipinski definition) is 0. The molecule has 1 aromatic carbocycles. The average molecular weight is 232 g/mol. The molecule has 0 unspecified atom stereocenters. The SMILES string of the molecule is O=C(OCC[N+]1=CCCCC1)c1ccccc1. The third-order valence-electron chi connectivity index (χ3n) is 2.91. The second kappa shape index (κ2) is 6.18. The maximum absolute atomic E-state index is 11.6. The van der Waals surface area contributed by atoms with Crippen molar-refractivity contribution in [2.45, 2.75) is 19.3 Å². The van der Waals surface area contributed by atoms with Gasteiger partial charge in [0.2, 0.25) is 0 Å². The Labute approximate surface area is 102 Å². The highest BCUT2D eigenvalue weighted by Gasteiger charge is 2.11. The van der Waals surface area contributed by atoms with E-state index in [1.807, 2.05) is 18.2 Å². The normalized spacial score (nSPS) is 15.2. The van der Waals surface area contributed by atoms with Gasteiger partial charge in [0.15, 0.2) is 6.54 Å². The number of nitrogens with zero attached hydrogens (tertiary/aromatic N) is 1. The summed E-state index contributed by atoms with van der Waals surface area (Å²) in [5.41, 5.74) is 0.620. The van der Waals surface area contributed by atoms with Crippen LogP contribution in [0.2, 0.25) is 0 Å². The Morgan fingerprint density at radius 2 is 2.06 bits per heavy atom. The second-order valence-electron chi connectivity index (χ2n) is 4.22. The van der Waals surface area contributed by atoms with E-state index in [4.69, 9.17) is 4.74 Å². The van der Waals surface area contributed by atoms with Gasteiger partial charge in [-0.15, -0.1) is 0 Å². The molecule has 1 aliphatic rings. The number of carbonyl (C=O) groups excluding carboxylic acids is 1. The minimum absolute atomic E-state index is 0.234. The van der Waals surface area contributed by atoms with Gasteiger partial charge in [-0.1, -0.05) is 18.2 Å². The van der Waals surface area contributed by atoms with Crippen molar-refractivity contribution in [1.82, 2.24) is 0 Å². The van der Waals surface area contributed by atoms with E-state index >= 15 is 0 Å². The zero-order chi connectivity index (χ0) is 11.9. The number of ether oxygens (including phenoxy) is 1. The summed E-state index contributed by atoms with van der Waals surface area (Å²) in [6, 6.07) is 9.12. The van der Waals surface area contributed by atoms with Crippen LogP contribution >= 0.6 is 0 Å². The van der Waals surface area contributed by atoms with E-state index < -0.39 is 0 Å². The Morgan fingerprint density at radius 3 is 2.76 bits per heavy atom. The predicted molar refractivity (Wildman–Crippen MR) is 66.6 cm³/mol. The lowest BCUT2D eigenvalue weighted by molar-refractivity contribution is -0.530. The standard InChI is InChI=1S/C14H18NO2/c16-14(13-7-3-1-4-8-13)17-12-11-15-9-5-2-6-10-15/h1,3-4,7-9H,2,5-6,10-12H2/q+1. The van der Waals surface area contributed by atoms with Crippen molar-refractivity contribution in [3.05, 3.63) is 35.9 Å². The third kappa shape index (κ3) is 3.70. The Morgan fingerprint density at radius 1 is 1.24 bits per heavy atom. The summed E-state index contributed by atoms with van der Waals surface area (Å²) in [6.07, 6.45) is 5.87. The minimum Gasteiger partial charge on any atom is -0.455 e. The smallest absolute Gasteiger partial charge is 0.338 e. The minimum atomic E-state index is -0.234. The summed E-state index contributed by atoms with van der Waals surface area (Å²) in [7, 11) is 0. The highest BCUT2D eigenvalue weighted by atomic mass is 16.5. The summed E-state index contributed by atoms with van der Waals surface area (Å²) >= 11 is 0. The van der Waals surface area contributed by atoms with E-state index in [0.29, 0.717) is 12.2 Å². The van der Waals surface area contributed by atoms with Crippen molar-refractivity contribution >= 4 is 12.2 Å². The van der Waals surface area contributed by atoms with E-state index in [2.05, 4.69) is 10.8 Å². The zero-order valence-electron chi connectivity index (χ0n) is 9.97. The molecule has 0 atom stereocenters. The molecular formula is C14H18NO2+. The van der Waals surface area contributed by atoms with E-state index in [0.717, 1.165) is 19.5 Å². The molecule has 0 N–H and O–H groups in total. The number of hydrogen-bond acceptors (Lipinski definition) is 2. The van der Waals surface area contributed by atoms with E-state index in [1.165, 1.54) is 12.8 Å². The highest BCUT2D eigenvalue weighted by molar-refractivity contribution is 5.89. The molecule has 0 radical (unpaired) electrons. The van der Waals surface area contributed by atoms with Gasteiger partial charge in [0, 0.05) is 12.8 Å². The van der Waals surface area contributed by atoms with Gasteiger partial charge in [0.1, 0.15) is 19.4 Å². The number of esters is 1. The van der Waals surface area contributed by atoms with Gasteiger partial charge in [-0.05, 0) is 18.6 Å². The van der Waals surface area contributed by atoms with Crippen molar-refractivity contribution in [2.75, 3.05) is 19.7 Å². The molecule has 1 aliphatic heterocycles. The molecule has 0 saturated heterocycles. The predicted octanol–water partition coefficient (Wildman–Crippen LogP) is 2.11. The van der Waals surface area contributed by atoms with Gasteiger partial charge in [0.25, 0.3) is 0 Å². The average Bonchev–Trinajstić information content (AvgIpc) is 2.41. The van der Waals surface area contributed by atoms with Gasteiger partial charge in [-0.25, -0.2) is 9.37 Å². The summed E-state index contributed by atoms with van der Waals surface area (Å²) in [6.45, 7) is 2.35. The van der Waals surface area contributed by atoms with Crippen LogP contribution in [0.25, 0.3) is 0 Å². The highest BCUT2D eigenvalue weighted by Crippen LogP contribution is 2.02. The molecule has 0 fully saturated rings. The maximum atomic E-state index is 11.6. The van der Waals surface area contributed by atoms with Gasteiger partial charge in [-0.3, -0.25) is 0 Å². The molecule has 90 valence electrons. The van der Waals surface area contributed by atoms with Crippen molar-refractivity contribution in [1.29, 1.82) is 0 Å². The van der Waals surface area contributed by atoms with Crippen LogP contribution in [0.3, 0.4) is 0 Å². The van der Waals surface area contributed by atoms with Gasteiger partial charge in [-0.2, -0.15) is 0 Å². The van der Waals surface area contributed by atoms with Gasteiger partial charge >= 0.3 is 5.97 Å². The molecule has 0 spiro atoms. The lowest BCUT2D eigenvalue weighted by Gasteiger charge is -2.08. The first-order chi connectivity index (χ1) is 8.36. The Balaban J connectivity index is 1.75. The Hall–Kier alpha value is -1.64. The first-order valence-corrected chi connectivity index (χ1v) is 6.16. The molecular weight excluding hydrogens is 214 g/mol. The fourth-order valence-corrected chi connectivity index (χ4v) is 1.94.